The molecule has 0 aliphatic rings. The highest BCUT2D eigenvalue weighted by Gasteiger charge is 2.26. The van der Waals surface area contributed by atoms with Crippen LogP contribution in [0.5, 0.6) is 0 Å². The van der Waals surface area contributed by atoms with Gasteiger partial charge < -0.3 is 5.32 Å². The van der Waals surface area contributed by atoms with E-state index in [1.807, 2.05) is 19.9 Å². The van der Waals surface area contributed by atoms with Gasteiger partial charge in [-0.2, -0.15) is 4.31 Å². The lowest BCUT2D eigenvalue weighted by atomic mass is 10.2. The summed E-state index contributed by atoms with van der Waals surface area (Å²) in [5.74, 6) is -0.457. The van der Waals surface area contributed by atoms with E-state index in [1.54, 1.807) is 12.1 Å². The highest BCUT2D eigenvalue weighted by molar-refractivity contribution is 7.89. The number of rotatable bonds is 7. The number of hydrogen-bond donors (Lipinski definition) is 1. The number of nitrogens with zero attached hydrogens (tertiary/aromatic N) is 1. The van der Waals surface area contributed by atoms with E-state index >= 15 is 0 Å². The Bertz CT molecular complexity index is 884. The van der Waals surface area contributed by atoms with Crippen LogP contribution in [0.2, 0.25) is 10.0 Å². The van der Waals surface area contributed by atoms with Crippen molar-refractivity contribution >= 4 is 44.8 Å². The minimum Gasteiger partial charge on any atom is -0.324 e. The molecule has 0 aromatic heterocycles. The van der Waals surface area contributed by atoms with E-state index < -0.39 is 15.9 Å². The molecule has 0 aliphatic heterocycles. The zero-order valence-corrected chi connectivity index (χ0v) is 16.8. The third kappa shape index (κ3) is 5.20. The first-order valence-corrected chi connectivity index (χ1v) is 10.3. The Hall–Kier alpha value is -1.60. The first kappa shape index (κ1) is 20.7. The van der Waals surface area contributed by atoms with E-state index in [4.69, 9.17) is 23.2 Å². The fourth-order valence-electron chi connectivity index (χ4n) is 2.36. The Labute approximate surface area is 164 Å². The molecule has 0 saturated heterocycles. The zero-order chi connectivity index (χ0) is 19.3. The summed E-state index contributed by atoms with van der Waals surface area (Å²) in [5, 5.41) is 3.51. The Morgan fingerprint density at radius 3 is 2.35 bits per heavy atom. The fraction of sp³-hybridized carbons (Fsp3) is 0.278. The van der Waals surface area contributed by atoms with Gasteiger partial charge in [0.2, 0.25) is 15.9 Å². The molecule has 0 spiro atoms. The van der Waals surface area contributed by atoms with Crippen LogP contribution < -0.4 is 5.32 Å². The summed E-state index contributed by atoms with van der Waals surface area (Å²) in [6, 6.07) is 11.1. The van der Waals surface area contributed by atoms with Gasteiger partial charge in [0.05, 0.1) is 22.2 Å². The second-order valence-electron chi connectivity index (χ2n) is 5.82. The summed E-state index contributed by atoms with van der Waals surface area (Å²) in [4.78, 5) is 12.5. The number of halogens is 2. The van der Waals surface area contributed by atoms with Crippen LogP contribution in [0.3, 0.4) is 0 Å². The van der Waals surface area contributed by atoms with Crippen molar-refractivity contribution in [2.75, 3.05) is 18.4 Å². The number of anilines is 1. The molecule has 2 aromatic rings. The molecule has 1 N–H and O–H groups in total. The minimum atomic E-state index is -3.80. The molecule has 2 aromatic carbocycles. The van der Waals surface area contributed by atoms with E-state index in [0.717, 1.165) is 9.87 Å². The maximum atomic E-state index is 12.8. The van der Waals surface area contributed by atoms with Gasteiger partial charge >= 0.3 is 0 Å². The summed E-state index contributed by atoms with van der Waals surface area (Å²) in [7, 11) is -3.80. The van der Waals surface area contributed by atoms with Crippen LogP contribution in [0.1, 0.15) is 18.9 Å². The highest BCUT2D eigenvalue weighted by Crippen LogP contribution is 2.23. The van der Waals surface area contributed by atoms with Crippen molar-refractivity contribution in [3.05, 3.63) is 58.1 Å². The molecule has 0 unspecified atom stereocenters. The molecule has 0 saturated carbocycles. The standard InChI is InChI=1S/C18H20Cl2N2O3S/c1-3-10-22(26(24,25)15-7-5-14(19)6-8-15)12-18(23)21-17-9-4-13(2)11-16(17)20/h4-9,11H,3,10,12H2,1-2H3,(H,21,23). The second kappa shape index (κ2) is 8.86. The maximum absolute atomic E-state index is 12.8. The van der Waals surface area contributed by atoms with Crippen molar-refractivity contribution in [3.63, 3.8) is 0 Å². The summed E-state index contributed by atoms with van der Waals surface area (Å²) < 4.78 is 26.8. The second-order valence-corrected chi connectivity index (χ2v) is 8.61. The fourth-order valence-corrected chi connectivity index (χ4v) is 4.26. The Morgan fingerprint density at radius 1 is 1.12 bits per heavy atom. The number of benzene rings is 2. The van der Waals surface area contributed by atoms with Crippen molar-refractivity contribution in [1.82, 2.24) is 4.31 Å². The van der Waals surface area contributed by atoms with Gasteiger partial charge in [-0.25, -0.2) is 8.42 Å². The summed E-state index contributed by atoms with van der Waals surface area (Å²) in [6.45, 7) is 3.65. The number of aryl methyl sites for hydroxylation is 1. The molecule has 26 heavy (non-hydrogen) atoms. The van der Waals surface area contributed by atoms with Gasteiger partial charge in [0.25, 0.3) is 0 Å². The third-order valence-corrected chi connectivity index (χ3v) is 6.07. The van der Waals surface area contributed by atoms with Crippen molar-refractivity contribution in [2.45, 2.75) is 25.2 Å². The largest absolute Gasteiger partial charge is 0.324 e. The lowest BCUT2D eigenvalue weighted by Crippen LogP contribution is -2.38. The molecule has 0 heterocycles. The lowest BCUT2D eigenvalue weighted by Gasteiger charge is -2.21. The SMILES string of the molecule is CCCN(CC(=O)Nc1ccc(C)cc1Cl)S(=O)(=O)c1ccc(Cl)cc1. The van der Waals surface area contributed by atoms with E-state index in [0.29, 0.717) is 22.2 Å². The van der Waals surface area contributed by atoms with Gasteiger partial charge in [-0.05, 0) is 55.3 Å². The average molecular weight is 415 g/mol. The molecule has 1 amide bonds. The lowest BCUT2D eigenvalue weighted by molar-refractivity contribution is -0.116. The number of amides is 1. The zero-order valence-electron chi connectivity index (χ0n) is 14.5. The molecule has 0 aliphatic carbocycles. The van der Waals surface area contributed by atoms with Crippen molar-refractivity contribution < 1.29 is 13.2 Å². The number of carbonyl (C=O) groups excluding carboxylic acids is 1. The van der Waals surface area contributed by atoms with Crippen molar-refractivity contribution in [3.8, 4) is 0 Å². The first-order chi connectivity index (χ1) is 12.2. The molecule has 0 fully saturated rings. The third-order valence-electron chi connectivity index (χ3n) is 3.64. The van der Waals surface area contributed by atoms with Gasteiger partial charge in [-0.1, -0.05) is 36.2 Å². The molecular formula is C18H20Cl2N2O3S. The van der Waals surface area contributed by atoms with Crippen LogP contribution in [0.15, 0.2) is 47.4 Å². The molecule has 0 radical (unpaired) electrons. The van der Waals surface area contributed by atoms with Crippen molar-refractivity contribution in [2.24, 2.45) is 0 Å². The number of nitrogens with one attached hydrogen (secondary N) is 1. The average Bonchev–Trinajstić information content (AvgIpc) is 2.57. The van der Waals surface area contributed by atoms with Crippen molar-refractivity contribution in [1.29, 1.82) is 0 Å². The van der Waals surface area contributed by atoms with Gasteiger partial charge in [-0.3, -0.25) is 4.79 Å². The molecular weight excluding hydrogens is 395 g/mol. The van der Waals surface area contributed by atoms with Crippen LogP contribution in [-0.2, 0) is 14.8 Å². The Morgan fingerprint density at radius 2 is 1.77 bits per heavy atom. The number of hydrogen-bond acceptors (Lipinski definition) is 3. The molecule has 0 bridgehead atoms. The maximum Gasteiger partial charge on any atom is 0.243 e. The summed E-state index contributed by atoms with van der Waals surface area (Å²) >= 11 is 11.9. The Balaban J connectivity index is 2.18. The number of carbonyl (C=O) groups is 1. The Kier molecular flexibility index (Phi) is 7.06. The van der Waals surface area contributed by atoms with Crippen LogP contribution in [0.4, 0.5) is 5.69 Å². The smallest absolute Gasteiger partial charge is 0.243 e. The van der Waals surface area contributed by atoms with E-state index in [1.165, 1.54) is 24.3 Å². The summed E-state index contributed by atoms with van der Waals surface area (Å²) in [6.07, 6.45) is 0.575. The van der Waals surface area contributed by atoms with E-state index in [-0.39, 0.29) is 18.0 Å². The highest BCUT2D eigenvalue weighted by atomic mass is 35.5. The first-order valence-electron chi connectivity index (χ1n) is 8.05. The monoisotopic (exact) mass is 414 g/mol. The van der Waals surface area contributed by atoms with Crippen LogP contribution in [0.25, 0.3) is 0 Å². The quantitative estimate of drug-likeness (QED) is 0.732. The predicted octanol–water partition coefficient (Wildman–Crippen LogP) is 4.34. The normalized spacial score (nSPS) is 11.6. The minimum absolute atomic E-state index is 0.0940. The van der Waals surface area contributed by atoms with E-state index in [9.17, 15) is 13.2 Å². The predicted molar refractivity (Wildman–Crippen MR) is 105 cm³/mol. The molecule has 0 atom stereocenters. The molecule has 5 nitrogen and oxygen atoms in total. The van der Waals surface area contributed by atoms with Crippen LogP contribution in [-0.4, -0.2) is 31.7 Å². The summed E-state index contributed by atoms with van der Waals surface area (Å²) in [5.41, 5.74) is 1.41. The molecule has 2 rings (SSSR count). The van der Waals surface area contributed by atoms with E-state index in [2.05, 4.69) is 5.32 Å². The van der Waals surface area contributed by atoms with Crippen LogP contribution >= 0.6 is 23.2 Å². The van der Waals surface area contributed by atoms with Gasteiger partial charge in [0.15, 0.2) is 0 Å². The van der Waals surface area contributed by atoms with Gasteiger partial charge in [0.1, 0.15) is 0 Å². The molecule has 140 valence electrons. The van der Waals surface area contributed by atoms with Gasteiger partial charge in [0, 0.05) is 11.6 Å². The topological polar surface area (TPSA) is 66.5 Å². The van der Waals surface area contributed by atoms with Crippen LogP contribution in [0, 0.1) is 6.92 Å². The number of sulfonamides is 1. The molecule has 8 heteroatoms. The van der Waals surface area contributed by atoms with Gasteiger partial charge in [-0.15, -0.1) is 0 Å².